The van der Waals surface area contributed by atoms with Gasteiger partial charge in [0.15, 0.2) is 23.1 Å². The number of ether oxygens (including phenoxy) is 3. The molecule has 190 valence electrons. The quantitative estimate of drug-likeness (QED) is 0.610. The summed E-state index contributed by atoms with van der Waals surface area (Å²) in [5, 5.41) is 6.85. The highest BCUT2D eigenvalue weighted by molar-refractivity contribution is 5.98. The van der Waals surface area contributed by atoms with Gasteiger partial charge in [0.2, 0.25) is 5.89 Å². The van der Waals surface area contributed by atoms with E-state index in [1.165, 1.54) is 0 Å². The molecule has 1 aromatic carbocycles. The number of fused-ring (bicyclic) bond motifs is 1. The van der Waals surface area contributed by atoms with E-state index in [4.69, 9.17) is 18.7 Å². The number of nitrogens with one attached hydrogen (secondary N) is 1. The molecule has 1 fully saturated rings. The number of Topliss-reactive ketones (excluding diaryl/α,β-unsaturated/α-hetero) is 1. The maximum atomic E-state index is 13.0. The molecule has 3 heterocycles. The molecule has 35 heavy (non-hydrogen) atoms. The van der Waals surface area contributed by atoms with Crippen molar-refractivity contribution >= 4 is 11.9 Å². The fourth-order valence-electron chi connectivity index (χ4n) is 4.16. The summed E-state index contributed by atoms with van der Waals surface area (Å²) in [6.45, 7) is 12.0. The zero-order valence-electron chi connectivity index (χ0n) is 21.1. The van der Waals surface area contributed by atoms with E-state index >= 15 is 0 Å². The lowest BCUT2D eigenvalue weighted by atomic mass is 9.88. The van der Waals surface area contributed by atoms with Crippen molar-refractivity contribution in [3.05, 3.63) is 35.5 Å². The van der Waals surface area contributed by atoms with Crippen LogP contribution in [0.2, 0.25) is 0 Å². The van der Waals surface area contributed by atoms with Crippen molar-refractivity contribution in [1.82, 2.24) is 20.4 Å². The van der Waals surface area contributed by atoms with E-state index in [9.17, 15) is 9.59 Å². The Labute approximate surface area is 205 Å². The van der Waals surface area contributed by atoms with Gasteiger partial charge in [0.1, 0.15) is 24.4 Å². The molecule has 10 nitrogen and oxygen atoms in total. The first kappa shape index (κ1) is 25.0. The van der Waals surface area contributed by atoms with Crippen molar-refractivity contribution in [2.45, 2.75) is 65.1 Å². The summed E-state index contributed by atoms with van der Waals surface area (Å²) in [5.74, 6) is 2.26. The molecule has 10 heteroatoms. The number of carbonyl (C=O) groups excluding carboxylic acids is 2. The highest BCUT2D eigenvalue weighted by atomic mass is 16.6. The first-order chi connectivity index (χ1) is 16.5. The number of likely N-dealkylation sites (tertiary alicyclic amines) is 1. The Morgan fingerprint density at radius 1 is 1.09 bits per heavy atom. The molecule has 0 aliphatic carbocycles. The number of carbonyl (C=O) groups is 2. The number of rotatable bonds is 6. The van der Waals surface area contributed by atoms with E-state index in [0.717, 1.165) is 25.9 Å². The number of hydrogen-bond donors (Lipinski definition) is 1. The third kappa shape index (κ3) is 6.30. The van der Waals surface area contributed by atoms with Gasteiger partial charge in [0.25, 0.3) is 0 Å². The van der Waals surface area contributed by atoms with E-state index in [1.54, 1.807) is 40.7 Å². The van der Waals surface area contributed by atoms with E-state index in [1.807, 2.05) is 12.1 Å². The molecule has 1 saturated heterocycles. The predicted molar refractivity (Wildman–Crippen MR) is 126 cm³/mol. The van der Waals surface area contributed by atoms with Gasteiger partial charge < -0.3 is 24.1 Å². The van der Waals surface area contributed by atoms with Crippen molar-refractivity contribution in [2.75, 3.05) is 26.3 Å². The third-order valence-electron chi connectivity index (χ3n) is 5.98. The average molecular weight is 487 g/mol. The van der Waals surface area contributed by atoms with Gasteiger partial charge in [-0.3, -0.25) is 9.69 Å². The molecule has 2 aromatic rings. The summed E-state index contributed by atoms with van der Waals surface area (Å²) in [6, 6.07) is 5.41. The van der Waals surface area contributed by atoms with Gasteiger partial charge in [-0.25, -0.2) is 4.79 Å². The molecular weight excluding hydrogens is 452 g/mol. The number of piperidine rings is 1. The minimum atomic E-state index is -0.854. The summed E-state index contributed by atoms with van der Waals surface area (Å²) in [4.78, 5) is 31.9. The number of aromatic nitrogens is 2. The van der Waals surface area contributed by atoms with E-state index < -0.39 is 17.2 Å². The van der Waals surface area contributed by atoms with Gasteiger partial charge in [-0.05, 0) is 78.7 Å². The molecule has 2 aliphatic heterocycles. The lowest BCUT2D eigenvalue weighted by Gasteiger charge is -2.30. The van der Waals surface area contributed by atoms with Crippen LogP contribution in [0.5, 0.6) is 11.5 Å². The van der Waals surface area contributed by atoms with Gasteiger partial charge in [-0.15, -0.1) is 0 Å². The first-order valence-electron chi connectivity index (χ1n) is 12.0. The van der Waals surface area contributed by atoms with Crippen LogP contribution in [0, 0.1) is 5.92 Å². The van der Waals surface area contributed by atoms with E-state index in [2.05, 4.69) is 20.4 Å². The Morgan fingerprint density at radius 2 is 1.77 bits per heavy atom. The van der Waals surface area contributed by atoms with Gasteiger partial charge >= 0.3 is 6.09 Å². The largest absolute Gasteiger partial charge is 0.486 e. The van der Waals surface area contributed by atoms with E-state index in [0.29, 0.717) is 48.5 Å². The standard InChI is InChI=1S/C25H34N4O6/c1-24(2,3)34-23(31)27-25(4,5)22-26-20(35-28-22)15-29-10-8-16(9-11-29)21(30)17-6-7-18-19(14-17)33-13-12-32-18/h6-7,14,16H,8-13,15H2,1-5H3,(H,27,31). The van der Waals surface area contributed by atoms with Crippen LogP contribution in [0.1, 0.15) is 69.5 Å². The minimum Gasteiger partial charge on any atom is -0.486 e. The number of alkyl carbamates (subject to hydrolysis) is 1. The second-order valence-corrected chi connectivity index (χ2v) is 10.5. The zero-order chi connectivity index (χ0) is 25.2. The number of benzene rings is 1. The lowest BCUT2D eigenvalue weighted by Crippen LogP contribution is -2.44. The topological polar surface area (TPSA) is 116 Å². The number of hydrogen-bond acceptors (Lipinski definition) is 9. The van der Waals surface area contributed by atoms with E-state index in [-0.39, 0.29) is 11.7 Å². The van der Waals surface area contributed by atoms with Crippen LogP contribution in [0.3, 0.4) is 0 Å². The number of ketones is 1. The highest BCUT2D eigenvalue weighted by Crippen LogP contribution is 2.32. The van der Waals surface area contributed by atoms with Crippen molar-refractivity contribution < 1.29 is 28.3 Å². The normalized spacial score (nSPS) is 17.2. The van der Waals surface area contributed by atoms with Crippen molar-refractivity contribution in [1.29, 1.82) is 0 Å². The van der Waals surface area contributed by atoms with Crippen LogP contribution in [0.4, 0.5) is 4.79 Å². The maximum Gasteiger partial charge on any atom is 0.408 e. The smallest absolute Gasteiger partial charge is 0.408 e. The highest BCUT2D eigenvalue weighted by Gasteiger charge is 2.32. The molecule has 0 radical (unpaired) electrons. The summed E-state index contributed by atoms with van der Waals surface area (Å²) < 4.78 is 21.9. The van der Waals surface area contributed by atoms with Gasteiger partial charge in [-0.1, -0.05) is 5.16 Å². The van der Waals surface area contributed by atoms with Crippen LogP contribution >= 0.6 is 0 Å². The molecule has 1 amide bonds. The Balaban J connectivity index is 1.29. The van der Waals surface area contributed by atoms with Crippen LogP contribution in [-0.4, -0.2) is 58.8 Å². The molecule has 0 atom stereocenters. The Bertz CT molecular complexity index is 1070. The Kier molecular flexibility index (Phi) is 7.02. The first-order valence-corrected chi connectivity index (χ1v) is 12.0. The van der Waals surface area contributed by atoms with Crippen molar-refractivity contribution in [3.63, 3.8) is 0 Å². The monoisotopic (exact) mass is 486 g/mol. The van der Waals surface area contributed by atoms with Gasteiger partial charge in [0, 0.05) is 11.5 Å². The SMILES string of the molecule is CC(C)(C)OC(=O)NC(C)(C)c1noc(CN2CCC(C(=O)c3ccc4c(c3)OCCO4)CC2)n1. The second kappa shape index (κ2) is 9.85. The van der Waals surface area contributed by atoms with Crippen LogP contribution in [0.25, 0.3) is 0 Å². The Morgan fingerprint density at radius 3 is 2.46 bits per heavy atom. The van der Waals surface area contributed by atoms with Gasteiger partial charge in [-0.2, -0.15) is 4.98 Å². The lowest BCUT2D eigenvalue weighted by molar-refractivity contribution is 0.0465. The average Bonchev–Trinajstić information content (AvgIpc) is 3.27. The summed E-state index contributed by atoms with van der Waals surface area (Å²) in [7, 11) is 0. The summed E-state index contributed by atoms with van der Waals surface area (Å²) in [6.07, 6.45) is 0.957. The maximum absolute atomic E-state index is 13.0. The molecule has 1 N–H and O–H groups in total. The van der Waals surface area contributed by atoms with Crippen molar-refractivity contribution in [3.8, 4) is 11.5 Å². The number of nitrogens with zero attached hydrogens (tertiary/aromatic N) is 3. The molecule has 2 aliphatic rings. The van der Waals surface area contributed by atoms with Crippen molar-refractivity contribution in [2.24, 2.45) is 5.92 Å². The molecule has 0 spiro atoms. The molecule has 0 bridgehead atoms. The second-order valence-electron chi connectivity index (χ2n) is 10.5. The predicted octanol–water partition coefficient (Wildman–Crippen LogP) is 3.70. The number of amides is 1. The molecule has 0 unspecified atom stereocenters. The summed E-state index contributed by atoms with van der Waals surface area (Å²) in [5.41, 5.74) is -0.792. The fraction of sp³-hybridized carbons (Fsp3) is 0.600. The van der Waals surface area contributed by atoms with Crippen LogP contribution in [0.15, 0.2) is 22.7 Å². The molecular formula is C25H34N4O6. The Hall–Kier alpha value is -3.14. The van der Waals surface area contributed by atoms with Crippen LogP contribution in [-0.2, 0) is 16.8 Å². The third-order valence-corrected chi connectivity index (χ3v) is 5.98. The molecule has 0 saturated carbocycles. The van der Waals surface area contributed by atoms with Crippen LogP contribution < -0.4 is 14.8 Å². The molecule has 1 aromatic heterocycles. The molecule has 4 rings (SSSR count). The fourth-order valence-corrected chi connectivity index (χ4v) is 4.16. The zero-order valence-corrected chi connectivity index (χ0v) is 21.1. The van der Waals surface area contributed by atoms with Gasteiger partial charge in [0.05, 0.1) is 6.54 Å². The minimum absolute atomic E-state index is 0.0379. The summed E-state index contributed by atoms with van der Waals surface area (Å²) >= 11 is 0.